The smallest absolute Gasteiger partial charge is 0.350 e. The second kappa shape index (κ2) is 9.42. The van der Waals surface area contributed by atoms with Gasteiger partial charge in [0.25, 0.3) is 0 Å². The summed E-state index contributed by atoms with van der Waals surface area (Å²) in [4.78, 5) is 11.8. The first-order chi connectivity index (χ1) is 13.2. The van der Waals surface area contributed by atoms with Gasteiger partial charge in [-0.05, 0) is 49.1 Å². The van der Waals surface area contributed by atoms with Crippen molar-refractivity contribution in [3.8, 4) is 11.5 Å². The molecule has 0 spiro atoms. The number of hydrogen-bond donors (Lipinski definition) is 1. The van der Waals surface area contributed by atoms with Crippen LogP contribution in [-0.2, 0) is 16.0 Å². The number of ether oxygens (including phenoxy) is 3. The van der Waals surface area contributed by atoms with Crippen molar-refractivity contribution in [3.05, 3.63) is 59.7 Å². The minimum Gasteiger partial charge on any atom is -0.485 e. The van der Waals surface area contributed by atoms with Gasteiger partial charge >= 0.3 is 5.97 Å². The summed E-state index contributed by atoms with van der Waals surface area (Å²) in [5, 5.41) is 3.51. The van der Waals surface area contributed by atoms with Crippen molar-refractivity contribution in [2.75, 3.05) is 26.3 Å². The molecule has 2 atom stereocenters. The van der Waals surface area contributed by atoms with Gasteiger partial charge in [0.1, 0.15) is 6.61 Å². The van der Waals surface area contributed by atoms with Crippen LogP contribution in [0.5, 0.6) is 11.5 Å². The second-order valence-electron chi connectivity index (χ2n) is 6.72. The van der Waals surface area contributed by atoms with Crippen LogP contribution in [0.1, 0.15) is 30.9 Å². The molecule has 0 bridgehead atoms. The topological polar surface area (TPSA) is 56.8 Å². The SMILES string of the molecule is CCOC(=O)C1COc2cc(CCNCC(C)c3ccccc3)ccc2O1. The Labute approximate surface area is 160 Å². The van der Waals surface area contributed by atoms with E-state index in [-0.39, 0.29) is 12.6 Å². The van der Waals surface area contributed by atoms with Crippen molar-refractivity contribution in [1.29, 1.82) is 0 Å². The van der Waals surface area contributed by atoms with Crippen LogP contribution < -0.4 is 14.8 Å². The fourth-order valence-electron chi connectivity index (χ4n) is 3.07. The molecule has 0 amide bonds. The normalized spacial score (nSPS) is 16.6. The highest BCUT2D eigenvalue weighted by Crippen LogP contribution is 2.33. The zero-order chi connectivity index (χ0) is 19.1. The molecule has 3 rings (SSSR count). The van der Waals surface area contributed by atoms with Gasteiger partial charge in [0.2, 0.25) is 6.10 Å². The van der Waals surface area contributed by atoms with Gasteiger partial charge in [-0.3, -0.25) is 0 Å². The van der Waals surface area contributed by atoms with Gasteiger partial charge in [0.05, 0.1) is 6.61 Å². The van der Waals surface area contributed by atoms with Crippen LogP contribution in [-0.4, -0.2) is 38.4 Å². The first-order valence-corrected chi connectivity index (χ1v) is 9.52. The van der Waals surface area contributed by atoms with E-state index in [9.17, 15) is 4.79 Å². The summed E-state index contributed by atoms with van der Waals surface area (Å²) >= 11 is 0. The van der Waals surface area contributed by atoms with Crippen LogP contribution in [0.2, 0.25) is 0 Å². The first-order valence-electron chi connectivity index (χ1n) is 9.52. The molecule has 2 unspecified atom stereocenters. The number of benzene rings is 2. The third-order valence-electron chi connectivity index (χ3n) is 4.63. The maximum Gasteiger partial charge on any atom is 0.350 e. The molecular weight excluding hydrogens is 342 g/mol. The molecule has 0 radical (unpaired) electrons. The molecule has 0 aromatic heterocycles. The highest BCUT2D eigenvalue weighted by Gasteiger charge is 2.28. The van der Waals surface area contributed by atoms with Crippen LogP contribution in [0.3, 0.4) is 0 Å². The molecule has 0 aliphatic carbocycles. The Morgan fingerprint density at radius 2 is 2.04 bits per heavy atom. The van der Waals surface area contributed by atoms with Crippen molar-refractivity contribution in [2.24, 2.45) is 0 Å². The Balaban J connectivity index is 1.46. The molecule has 27 heavy (non-hydrogen) atoms. The van der Waals surface area contributed by atoms with E-state index in [1.54, 1.807) is 6.92 Å². The molecule has 5 heteroatoms. The van der Waals surface area contributed by atoms with Gasteiger partial charge in [-0.2, -0.15) is 0 Å². The van der Waals surface area contributed by atoms with Gasteiger partial charge in [0, 0.05) is 6.54 Å². The maximum atomic E-state index is 11.8. The summed E-state index contributed by atoms with van der Waals surface area (Å²) < 4.78 is 16.4. The number of rotatable bonds is 8. The van der Waals surface area contributed by atoms with Crippen molar-refractivity contribution in [3.63, 3.8) is 0 Å². The molecule has 1 heterocycles. The van der Waals surface area contributed by atoms with Crippen molar-refractivity contribution >= 4 is 5.97 Å². The molecule has 0 saturated heterocycles. The quantitative estimate of drug-likeness (QED) is 0.571. The number of carbonyl (C=O) groups is 1. The van der Waals surface area contributed by atoms with E-state index in [1.807, 2.05) is 24.3 Å². The number of hydrogen-bond acceptors (Lipinski definition) is 5. The van der Waals surface area contributed by atoms with Crippen LogP contribution in [0.15, 0.2) is 48.5 Å². The minimum atomic E-state index is -0.690. The molecule has 0 fully saturated rings. The van der Waals surface area contributed by atoms with Crippen molar-refractivity contribution in [2.45, 2.75) is 32.3 Å². The average molecular weight is 369 g/mol. The maximum absolute atomic E-state index is 11.8. The third kappa shape index (κ3) is 5.23. The Hall–Kier alpha value is -2.53. The average Bonchev–Trinajstić information content (AvgIpc) is 2.71. The van der Waals surface area contributed by atoms with E-state index >= 15 is 0 Å². The molecule has 1 aliphatic rings. The number of fused-ring (bicyclic) bond motifs is 1. The summed E-state index contributed by atoms with van der Waals surface area (Å²) in [5.74, 6) is 1.37. The summed E-state index contributed by atoms with van der Waals surface area (Å²) in [6.07, 6.45) is 0.212. The number of nitrogens with one attached hydrogen (secondary N) is 1. The van der Waals surface area contributed by atoms with Gasteiger partial charge in [-0.25, -0.2) is 4.79 Å². The lowest BCUT2D eigenvalue weighted by atomic mass is 10.0. The zero-order valence-electron chi connectivity index (χ0n) is 15.9. The Morgan fingerprint density at radius 3 is 2.81 bits per heavy atom. The molecule has 1 aliphatic heterocycles. The van der Waals surface area contributed by atoms with Crippen LogP contribution >= 0.6 is 0 Å². The zero-order valence-corrected chi connectivity index (χ0v) is 15.9. The van der Waals surface area contributed by atoms with Crippen LogP contribution in [0, 0.1) is 0 Å². The largest absolute Gasteiger partial charge is 0.485 e. The lowest BCUT2D eigenvalue weighted by Gasteiger charge is -2.25. The molecule has 1 N–H and O–H groups in total. The standard InChI is InChI=1S/C22H27NO4/c1-3-25-22(24)21-15-26-20-13-17(9-10-19(20)27-21)11-12-23-14-16(2)18-7-5-4-6-8-18/h4-10,13,16,21,23H,3,11-12,14-15H2,1-2H3. The highest BCUT2D eigenvalue weighted by molar-refractivity contribution is 5.76. The lowest BCUT2D eigenvalue weighted by Crippen LogP contribution is -2.37. The Bertz CT molecular complexity index is 747. The summed E-state index contributed by atoms with van der Waals surface area (Å²) in [5.41, 5.74) is 2.52. The minimum absolute atomic E-state index is 0.183. The third-order valence-corrected chi connectivity index (χ3v) is 4.63. The highest BCUT2D eigenvalue weighted by atomic mass is 16.6. The van der Waals surface area contributed by atoms with Gasteiger partial charge in [-0.15, -0.1) is 0 Å². The van der Waals surface area contributed by atoms with Gasteiger partial charge in [-0.1, -0.05) is 43.3 Å². The predicted molar refractivity (Wildman–Crippen MR) is 104 cm³/mol. The summed E-state index contributed by atoms with van der Waals surface area (Å²) in [6, 6.07) is 16.4. The van der Waals surface area contributed by atoms with Gasteiger partial charge in [0.15, 0.2) is 11.5 Å². The van der Waals surface area contributed by atoms with E-state index in [2.05, 4.69) is 36.5 Å². The van der Waals surface area contributed by atoms with Crippen LogP contribution in [0.4, 0.5) is 0 Å². The molecule has 2 aromatic carbocycles. The lowest BCUT2D eigenvalue weighted by molar-refractivity contribution is -0.153. The fourth-order valence-corrected chi connectivity index (χ4v) is 3.07. The predicted octanol–water partition coefficient (Wildman–Crippen LogP) is 3.33. The Morgan fingerprint density at radius 1 is 1.22 bits per heavy atom. The number of carbonyl (C=O) groups excluding carboxylic acids is 1. The molecule has 144 valence electrons. The first kappa shape index (κ1) is 19.2. The van der Waals surface area contributed by atoms with Crippen molar-refractivity contribution in [1.82, 2.24) is 5.32 Å². The van der Waals surface area contributed by atoms with Crippen molar-refractivity contribution < 1.29 is 19.0 Å². The molecular formula is C22H27NO4. The van der Waals surface area contributed by atoms with E-state index < -0.39 is 6.10 Å². The van der Waals surface area contributed by atoms with E-state index in [0.29, 0.717) is 24.0 Å². The van der Waals surface area contributed by atoms with E-state index in [4.69, 9.17) is 14.2 Å². The number of esters is 1. The molecule has 0 saturated carbocycles. The monoisotopic (exact) mass is 369 g/mol. The van der Waals surface area contributed by atoms with Gasteiger partial charge < -0.3 is 19.5 Å². The summed E-state index contributed by atoms with van der Waals surface area (Å²) in [6.45, 7) is 6.35. The van der Waals surface area contributed by atoms with E-state index in [1.165, 1.54) is 11.1 Å². The van der Waals surface area contributed by atoms with Crippen LogP contribution in [0.25, 0.3) is 0 Å². The second-order valence-corrected chi connectivity index (χ2v) is 6.72. The molecule has 2 aromatic rings. The molecule has 5 nitrogen and oxygen atoms in total. The fraction of sp³-hybridized carbons (Fsp3) is 0.409. The Kier molecular flexibility index (Phi) is 6.71. The summed E-state index contributed by atoms with van der Waals surface area (Å²) in [7, 11) is 0. The van der Waals surface area contributed by atoms with E-state index in [0.717, 1.165) is 19.5 Å².